The van der Waals surface area contributed by atoms with E-state index in [1.807, 2.05) is 0 Å². The lowest BCUT2D eigenvalue weighted by Crippen LogP contribution is -2.28. The van der Waals surface area contributed by atoms with Gasteiger partial charge in [-0.25, -0.2) is 0 Å². The van der Waals surface area contributed by atoms with Crippen LogP contribution in [0, 0.1) is 6.08 Å². The molecule has 2 aromatic carbocycles. The van der Waals surface area contributed by atoms with Crippen LogP contribution < -0.4 is 0 Å². The minimum Gasteiger partial charge on any atom is -0.0619 e. The van der Waals surface area contributed by atoms with Crippen LogP contribution in [-0.2, 0) is 17.3 Å². The fraction of sp³-hybridized carbons (Fsp3) is 0.280. The Morgan fingerprint density at radius 3 is 2.48 bits per heavy atom. The molecule has 0 unspecified atom stereocenters. The molecular formula is C25H23+. The van der Waals surface area contributed by atoms with Gasteiger partial charge in [0, 0.05) is 23.3 Å². The van der Waals surface area contributed by atoms with Gasteiger partial charge in [0.05, 0.1) is 17.2 Å². The summed E-state index contributed by atoms with van der Waals surface area (Å²) in [5.74, 6) is 0. The highest BCUT2D eigenvalue weighted by atomic mass is 14.4. The first-order chi connectivity index (χ1) is 11.9. The van der Waals surface area contributed by atoms with E-state index in [1.54, 1.807) is 0 Å². The maximum Gasteiger partial charge on any atom is 0.106 e. The molecule has 0 heterocycles. The second kappa shape index (κ2) is 4.59. The molecule has 3 aliphatic rings. The van der Waals surface area contributed by atoms with E-state index >= 15 is 0 Å². The van der Waals surface area contributed by atoms with Crippen LogP contribution in [0.3, 0.4) is 0 Å². The third-order valence-electron chi connectivity index (χ3n) is 6.48. The van der Waals surface area contributed by atoms with E-state index in [1.165, 1.54) is 44.5 Å². The Hall–Kier alpha value is -2.43. The lowest BCUT2D eigenvalue weighted by molar-refractivity contribution is 0.605. The quantitative estimate of drug-likeness (QED) is 0.517. The molecule has 0 saturated heterocycles. The molecule has 0 spiro atoms. The van der Waals surface area contributed by atoms with Crippen LogP contribution in [-0.4, -0.2) is 0 Å². The number of hydrogen-bond acceptors (Lipinski definition) is 0. The smallest absolute Gasteiger partial charge is 0.0619 e. The van der Waals surface area contributed by atoms with Gasteiger partial charge in [-0.1, -0.05) is 44.2 Å². The predicted molar refractivity (Wildman–Crippen MR) is 105 cm³/mol. The third kappa shape index (κ3) is 1.81. The van der Waals surface area contributed by atoms with Crippen LogP contribution in [0.5, 0.6) is 0 Å². The van der Waals surface area contributed by atoms with E-state index in [4.69, 9.17) is 0 Å². The summed E-state index contributed by atoms with van der Waals surface area (Å²) >= 11 is 0. The van der Waals surface area contributed by atoms with Crippen molar-refractivity contribution in [3.8, 4) is 11.1 Å². The summed E-state index contributed by atoms with van der Waals surface area (Å²) in [4.78, 5) is 0. The standard InChI is InChI=1S/C25H23/c1-24(2)20-11-7-5-9-16(20)13-17-14-23-19(15-22(17)24)18-10-6-8-12-21(18)25(23,3)4/h6-12,14-15H,13H2,1-4H3/q+1. The Bertz CT molecular complexity index is 1010. The van der Waals surface area contributed by atoms with E-state index < -0.39 is 0 Å². The molecule has 3 aliphatic carbocycles. The average molecular weight is 323 g/mol. The zero-order chi connectivity index (χ0) is 17.4. The molecule has 0 radical (unpaired) electrons. The fourth-order valence-corrected chi connectivity index (χ4v) is 5.09. The summed E-state index contributed by atoms with van der Waals surface area (Å²) in [7, 11) is 0. The van der Waals surface area contributed by atoms with Crippen LogP contribution in [0.4, 0.5) is 0 Å². The third-order valence-corrected chi connectivity index (χ3v) is 6.48. The molecule has 0 fully saturated rings. The van der Waals surface area contributed by atoms with Gasteiger partial charge in [-0.05, 0) is 53.3 Å². The van der Waals surface area contributed by atoms with E-state index in [9.17, 15) is 0 Å². The minimum atomic E-state index is 0.0364. The molecule has 25 heavy (non-hydrogen) atoms. The Kier molecular flexibility index (Phi) is 2.73. The lowest BCUT2D eigenvalue weighted by Gasteiger charge is -2.33. The molecule has 0 N–H and O–H groups in total. The van der Waals surface area contributed by atoms with Gasteiger partial charge in [-0.2, -0.15) is 0 Å². The first kappa shape index (κ1) is 14.9. The van der Waals surface area contributed by atoms with Gasteiger partial charge < -0.3 is 0 Å². The highest BCUT2D eigenvalue weighted by molar-refractivity contribution is 5.82. The van der Waals surface area contributed by atoms with E-state index in [0.717, 1.165) is 6.42 Å². The van der Waals surface area contributed by atoms with E-state index in [-0.39, 0.29) is 10.8 Å². The maximum absolute atomic E-state index is 3.27. The summed E-state index contributed by atoms with van der Waals surface area (Å²) < 4.78 is 0. The second-order valence-corrected chi connectivity index (χ2v) is 8.61. The van der Waals surface area contributed by atoms with Crippen LogP contribution in [0.1, 0.15) is 49.9 Å². The Labute approximate surface area is 150 Å². The molecule has 0 amide bonds. The summed E-state index contributed by atoms with van der Waals surface area (Å²) in [6, 6.07) is 13.9. The van der Waals surface area contributed by atoms with Crippen molar-refractivity contribution >= 4 is 0 Å². The summed E-state index contributed by atoms with van der Waals surface area (Å²) in [5, 5.41) is 0. The zero-order valence-electron chi connectivity index (χ0n) is 15.4. The molecule has 0 saturated carbocycles. The molecule has 0 aliphatic heterocycles. The number of benzene rings is 2. The van der Waals surface area contributed by atoms with Gasteiger partial charge in [0.1, 0.15) is 12.2 Å². The van der Waals surface area contributed by atoms with Crippen molar-refractivity contribution in [2.75, 3.05) is 0 Å². The van der Waals surface area contributed by atoms with E-state index in [2.05, 4.69) is 88.4 Å². The first-order valence-corrected chi connectivity index (χ1v) is 9.18. The molecule has 0 nitrogen and oxygen atoms in total. The van der Waals surface area contributed by atoms with E-state index in [0.29, 0.717) is 0 Å². The maximum atomic E-state index is 3.27. The molecule has 0 aromatic heterocycles. The fourth-order valence-electron chi connectivity index (χ4n) is 5.09. The Morgan fingerprint density at radius 1 is 0.840 bits per heavy atom. The molecule has 0 heteroatoms. The summed E-state index contributed by atoms with van der Waals surface area (Å²) in [6.45, 7) is 9.45. The van der Waals surface area contributed by atoms with Crippen LogP contribution >= 0.6 is 0 Å². The van der Waals surface area contributed by atoms with Crippen LogP contribution in [0.2, 0.25) is 0 Å². The topological polar surface area (TPSA) is 0 Å². The Balaban J connectivity index is 1.79. The van der Waals surface area contributed by atoms with Gasteiger partial charge in [-0.15, -0.1) is 0 Å². The summed E-state index contributed by atoms with van der Waals surface area (Å²) in [5.41, 5.74) is 11.7. The van der Waals surface area contributed by atoms with Gasteiger partial charge >= 0.3 is 0 Å². The van der Waals surface area contributed by atoms with Crippen molar-refractivity contribution in [3.05, 3.63) is 94.1 Å². The largest absolute Gasteiger partial charge is 0.106 e. The molecule has 122 valence electrons. The predicted octanol–water partition coefficient (Wildman–Crippen LogP) is 6.05. The Morgan fingerprint density at radius 2 is 1.64 bits per heavy atom. The summed E-state index contributed by atoms with van der Waals surface area (Å²) in [6.07, 6.45) is 10.8. The first-order valence-electron chi connectivity index (χ1n) is 9.18. The van der Waals surface area contributed by atoms with Gasteiger partial charge in [-0.3, -0.25) is 0 Å². The van der Waals surface area contributed by atoms with Crippen molar-refractivity contribution in [3.63, 3.8) is 0 Å². The van der Waals surface area contributed by atoms with Gasteiger partial charge in [0.15, 0.2) is 0 Å². The number of allylic oxidation sites excluding steroid dienone is 6. The highest BCUT2D eigenvalue weighted by Crippen LogP contribution is 2.52. The second-order valence-electron chi connectivity index (χ2n) is 8.61. The molecule has 0 bridgehead atoms. The molecule has 5 rings (SSSR count). The van der Waals surface area contributed by atoms with Crippen molar-refractivity contribution < 1.29 is 0 Å². The van der Waals surface area contributed by atoms with Crippen molar-refractivity contribution in [2.45, 2.75) is 44.9 Å². The average Bonchev–Trinajstić information content (AvgIpc) is 2.82. The van der Waals surface area contributed by atoms with Crippen LogP contribution in [0.25, 0.3) is 11.1 Å². The number of rotatable bonds is 0. The van der Waals surface area contributed by atoms with Crippen molar-refractivity contribution in [1.29, 1.82) is 0 Å². The van der Waals surface area contributed by atoms with Crippen LogP contribution in [0.15, 0.2) is 65.8 Å². The number of hydrogen-bond donors (Lipinski definition) is 0. The van der Waals surface area contributed by atoms with Crippen molar-refractivity contribution in [1.82, 2.24) is 0 Å². The highest BCUT2D eigenvalue weighted by Gasteiger charge is 2.42. The van der Waals surface area contributed by atoms with Crippen molar-refractivity contribution in [2.24, 2.45) is 0 Å². The molecular weight excluding hydrogens is 300 g/mol. The van der Waals surface area contributed by atoms with Gasteiger partial charge in [0.25, 0.3) is 0 Å². The minimum absolute atomic E-state index is 0.0364. The van der Waals surface area contributed by atoms with Gasteiger partial charge in [0.2, 0.25) is 0 Å². The monoisotopic (exact) mass is 323 g/mol. The SMILES string of the molecule is CC1(C)C2=C(C=[C+]C=C2)Cc2cc3c(cc21)-c1ccccc1C3(C)C. The number of fused-ring (bicyclic) bond motifs is 4. The molecule has 2 aromatic rings. The normalized spacial score (nSPS) is 20.5. The zero-order valence-corrected chi connectivity index (χ0v) is 15.4. The lowest BCUT2D eigenvalue weighted by atomic mass is 9.66. The molecule has 0 atom stereocenters.